The lowest BCUT2D eigenvalue weighted by atomic mass is 9.94. The summed E-state index contributed by atoms with van der Waals surface area (Å²) in [5.41, 5.74) is 0. The van der Waals surface area contributed by atoms with E-state index in [1.807, 2.05) is 0 Å². The number of amides is 1. The number of hydrogen-bond donors (Lipinski definition) is 2. The molecule has 0 spiro atoms. The number of carbonyl (C=O) groups excluding carboxylic acids is 1. The van der Waals surface area contributed by atoms with Crippen LogP contribution in [-0.4, -0.2) is 53.6 Å². The molecular formula is C11H21NO4. The molecule has 0 aliphatic heterocycles. The molecule has 0 saturated heterocycles. The Balaban J connectivity index is 2.47. The van der Waals surface area contributed by atoms with Gasteiger partial charge < -0.3 is 19.8 Å². The molecule has 1 aliphatic carbocycles. The Bertz CT molecular complexity index is 204. The van der Waals surface area contributed by atoms with Gasteiger partial charge in [0.05, 0.1) is 13.2 Å². The highest BCUT2D eigenvalue weighted by atomic mass is 16.6. The van der Waals surface area contributed by atoms with Crippen molar-refractivity contribution in [1.82, 2.24) is 4.90 Å². The SMILES string of the molecule is O=C(OCCO)N(CCO)C1CCCCC1. The summed E-state index contributed by atoms with van der Waals surface area (Å²) in [6.45, 7) is 0.122. The van der Waals surface area contributed by atoms with E-state index in [-0.39, 0.29) is 25.9 Å². The summed E-state index contributed by atoms with van der Waals surface area (Å²) >= 11 is 0. The Labute approximate surface area is 96.0 Å². The minimum atomic E-state index is -0.421. The highest BCUT2D eigenvalue weighted by molar-refractivity contribution is 5.68. The van der Waals surface area contributed by atoms with E-state index >= 15 is 0 Å². The Morgan fingerprint density at radius 1 is 1.19 bits per heavy atom. The molecule has 5 nitrogen and oxygen atoms in total. The number of hydrogen-bond acceptors (Lipinski definition) is 4. The van der Waals surface area contributed by atoms with Crippen LogP contribution in [0.15, 0.2) is 0 Å². The van der Waals surface area contributed by atoms with Crippen LogP contribution >= 0.6 is 0 Å². The van der Waals surface area contributed by atoms with Crippen LogP contribution < -0.4 is 0 Å². The van der Waals surface area contributed by atoms with Crippen LogP contribution in [0.5, 0.6) is 0 Å². The molecule has 1 fully saturated rings. The van der Waals surface area contributed by atoms with Crippen LogP contribution in [0.4, 0.5) is 4.79 Å². The normalized spacial score (nSPS) is 17.1. The van der Waals surface area contributed by atoms with Gasteiger partial charge in [-0.1, -0.05) is 19.3 Å². The van der Waals surface area contributed by atoms with E-state index in [2.05, 4.69) is 0 Å². The molecule has 0 atom stereocenters. The molecule has 2 N–H and O–H groups in total. The van der Waals surface area contributed by atoms with Gasteiger partial charge in [0.25, 0.3) is 0 Å². The average molecular weight is 231 g/mol. The summed E-state index contributed by atoms with van der Waals surface area (Å²) in [6, 6.07) is 0.187. The minimum Gasteiger partial charge on any atom is -0.447 e. The molecular weight excluding hydrogens is 210 g/mol. The van der Waals surface area contributed by atoms with Gasteiger partial charge in [-0.2, -0.15) is 0 Å². The van der Waals surface area contributed by atoms with Gasteiger partial charge in [-0.25, -0.2) is 4.79 Å². The second kappa shape index (κ2) is 7.46. The summed E-state index contributed by atoms with van der Waals surface area (Å²) in [5, 5.41) is 17.5. The molecule has 0 unspecified atom stereocenters. The van der Waals surface area contributed by atoms with Crippen molar-refractivity contribution in [3.8, 4) is 0 Å². The summed E-state index contributed by atoms with van der Waals surface area (Å²) in [6.07, 6.45) is 5.01. The lowest BCUT2D eigenvalue weighted by Crippen LogP contribution is -2.43. The van der Waals surface area contributed by atoms with E-state index in [4.69, 9.17) is 14.9 Å². The molecule has 1 rings (SSSR count). The van der Waals surface area contributed by atoms with E-state index in [9.17, 15) is 4.79 Å². The monoisotopic (exact) mass is 231 g/mol. The predicted octanol–water partition coefficient (Wildman–Crippen LogP) is 0.742. The first-order valence-electron chi connectivity index (χ1n) is 5.94. The molecule has 0 aromatic carbocycles. The van der Waals surface area contributed by atoms with Crippen molar-refractivity contribution in [2.75, 3.05) is 26.4 Å². The zero-order chi connectivity index (χ0) is 11.8. The molecule has 94 valence electrons. The van der Waals surface area contributed by atoms with Crippen LogP contribution in [0, 0.1) is 0 Å². The second-order valence-corrected chi connectivity index (χ2v) is 4.05. The van der Waals surface area contributed by atoms with E-state index in [0.29, 0.717) is 6.54 Å². The first-order valence-corrected chi connectivity index (χ1v) is 5.94. The molecule has 5 heteroatoms. The Hall–Kier alpha value is -0.810. The third-order valence-corrected chi connectivity index (χ3v) is 2.91. The summed E-state index contributed by atoms with van der Waals surface area (Å²) in [5.74, 6) is 0. The standard InChI is InChI=1S/C11H21NO4/c13-7-6-12(11(15)16-9-8-14)10-4-2-1-3-5-10/h10,13-14H,1-9H2. The number of nitrogens with zero attached hydrogens (tertiary/aromatic N) is 1. The molecule has 16 heavy (non-hydrogen) atoms. The average Bonchev–Trinajstić information content (AvgIpc) is 2.34. The zero-order valence-corrected chi connectivity index (χ0v) is 9.60. The quantitative estimate of drug-likeness (QED) is 0.732. The molecule has 0 bridgehead atoms. The van der Waals surface area contributed by atoms with Crippen molar-refractivity contribution in [2.45, 2.75) is 38.1 Å². The van der Waals surface area contributed by atoms with E-state index < -0.39 is 6.09 Å². The van der Waals surface area contributed by atoms with Gasteiger partial charge in [-0.05, 0) is 12.8 Å². The van der Waals surface area contributed by atoms with Crippen LogP contribution in [0.2, 0.25) is 0 Å². The van der Waals surface area contributed by atoms with Crippen molar-refractivity contribution in [3.05, 3.63) is 0 Å². The van der Waals surface area contributed by atoms with E-state index in [0.717, 1.165) is 25.7 Å². The van der Waals surface area contributed by atoms with Crippen LogP contribution in [0.1, 0.15) is 32.1 Å². The van der Waals surface area contributed by atoms with Gasteiger partial charge in [0, 0.05) is 12.6 Å². The predicted molar refractivity (Wildman–Crippen MR) is 59.1 cm³/mol. The first-order chi connectivity index (χ1) is 7.79. The maximum atomic E-state index is 11.7. The fourth-order valence-corrected chi connectivity index (χ4v) is 2.14. The van der Waals surface area contributed by atoms with Gasteiger partial charge in [0.1, 0.15) is 6.61 Å². The van der Waals surface area contributed by atoms with Gasteiger partial charge in [0.15, 0.2) is 0 Å². The first kappa shape index (κ1) is 13.3. The minimum absolute atomic E-state index is 0.0213. The Kier molecular flexibility index (Phi) is 6.18. The van der Waals surface area contributed by atoms with Gasteiger partial charge in [-0.15, -0.1) is 0 Å². The van der Waals surface area contributed by atoms with Crippen LogP contribution in [0.3, 0.4) is 0 Å². The Morgan fingerprint density at radius 3 is 2.44 bits per heavy atom. The molecule has 1 aliphatic rings. The fraction of sp³-hybridized carbons (Fsp3) is 0.909. The number of ether oxygens (including phenoxy) is 1. The molecule has 0 aromatic heterocycles. The molecule has 0 radical (unpaired) electrons. The number of aliphatic hydroxyl groups excluding tert-OH is 2. The van der Waals surface area contributed by atoms with E-state index in [1.54, 1.807) is 4.90 Å². The van der Waals surface area contributed by atoms with Gasteiger partial charge in [0.2, 0.25) is 0 Å². The smallest absolute Gasteiger partial charge is 0.410 e. The van der Waals surface area contributed by atoms with Gasteiger partial charge in [-0.3, -0.25) is 0 Å². The number of rotatable bonds is 5. The fourth-order valence-electron chi connectivity index (χ4n) is 2.14. The lowest BCUT2D eigenvalue weighted by molar-refractivity contribution is 0.0566. The van der Waals surface area contributed by atoms with Crippen LogP contribution in [0.25, 0.3) is 0 Å². The summed E-state index contributed by atoms with van der Waals surface area (Å²) < 4.78 is 4.88. The maximum Gasteiger partial charge on any atom is 0.410 e. The van der Waals surface area contributed by atoms with Gasteiger partial charge >= 0.3 is 6.09 Å². The third kappa shape index (κ3) is 3.98. The maximum absolute atomic E-state index is 11.7. The zero-order valence-electron chi connectivity index (χ0n) is 9.60. The lowest BCUT2D eigenvalue weighted by Gasteiger charge is -2.33. The highest BCUT2D eigenvalue weighted by Crippen LogP contribution is 2.22. The van der Waals surface area contributed by atoms with Crippen molar-refractivity contribution in [2.24, 2.45) is 0 Å². The van der Waals surface area contributed by atoms with Crippen molar-refractivity contribution >= 4 is 6.09 Å². The molecule has 0 aromatic rings. The third-order valence-electron chi connectivity index (χ3n) is 2.91. The Morgan fingerprint density at radius 2 is 1.88 bits per heavy atom. The molecule has 1 amide bonds. The summed E-state index contributed by atoms with van der Waals surface area (Å²) in [4.78, 5) is 13.3. The van der Waals surface area contributed by atoms with Crippen molar-refractivity contribution in [3.63, 3.8) is 0 Å². The van der Waals surface area contributed by atoms with Crippen LogP contribution in [-0.2, 0) is 4.74 Å². The topological polar surface area (TPSA) is 70.0 Å². The molecule has 0 heterocycles. The number of aliphatic hydroxyl groups is 2. The number of carbonyl (C=O) groups is 1. The summed E-state index contributed by atoms with van der Waals surface area (Å²) in [7, 11) is 0. The molecule has 1 saturated carbocycles. The van der Waals surface area contributed by atoms with E-state index in [1.165, 1.54) is 6.42 Å². The van der Waals surface area contributed by atoms with Crippen molar-refractivity contribution < 1.29 is 19.7 Å². The largest absolute Gasteiger partial charge is 0.447 e. The highest BCUT2D eigenvalue weighted by Gasteiger charge is 2.25. The van der Waals surface area contributed by atoms with Crippen molar-refractivity contribution in [1.29, 1.82) is 0 Å². The second-order valence-electron chi connectivity index (χ2n) is 4.05.